The molecule has 0 amide bonds. The van der Waals surface area contributed by atoms with Crippen LogP contribution in [0.25, 0.3) is 0 Å². The molecule has 2 N–H and O–H groups in total. The Hall–Kier alpha value is -1.02. The monoisotopic (exact) mass is 234 g/mol. The number of aryl methyl sites for hydroxylation is 1. The van der Waals surface area contributed by atoms with Crippen LogP contribution in [0.5, 0.6) is 0 Å². The summed E-state index contributed by atoms with van der Waals surface area (Å²) in [4.78, 5) is 2.35. The third-order valence-corrected chi connectivity index (χ3v) is 3.45. The SMILES string of the molecule is CCC(C)N(C)c1ccc(CC(C)N)cc1C. The maximum absolute atomic E-state index is 5.83. The molecule has 0 aliphatic heterocycles. The van der Waals surface area contributed by atoms with E-state index in [1.807, 2.05) is 0 Å². The van der Waals surface area contributed by atoms with Crippen molar-refractivity contribution in [1.29, 1.82) is 0 Å². The summed E-state index contributed by atoms with van der Waals surface area (Å²) in [6, 6.07) is 7.49. The number of benzene rings is 1. The summed E-state index contributed by atoms with van der Waals surface area (Å²) in [6.45, 7) is 8.71. The molecular weight excluding hydrogens is 208 g/mol. The molecule has 96 valence electrons. The highest BCUT2D eigenvalue weighted by atomic mass is 15.1. The number of hydrogen-bond donors (Lipinski definition) is 1. The fraction of sp³-hybridized carbons (Fsp3) is 0.600. The molecule has 17 heavy (non-hydrogen) atoms. The van der Waals surface area contributed by atoms with Crippen LogP contribution in [0.2, 0.25) is 0 Å². The molecule has 0 spiro atoms. The van der Waals surface area contributed by atoms with E-state index in [-0.39, 0.29) is 6.04 Å². The van der Waals surface area contributed by atoms with Crippen molar-refractivity contribution in [2.24, 2.45) is 5.73 Å². The lowest BCUT2D eigenvalue weighted by molar-refractivity contribution is 0.662. The van der Waals surface area contributed by atoms with Crippen LogP contribution < -0.4 is 10.6 Å². The van der Waals surface area contributed by atoms with Crippen LogP contribution in [0.15, 0.2) is 18.2 Å². The first-order chi connectivity index (χ1) is 7.95. The summed E-state index contributed by atoms with van der Waals surface area (Å²) in [6.07, 6.45) is 2.12. The Labute approximate surface area is 106 Å². The predicted molar refractivity (Wildman–Crippen MR) is 76.7 cm³/mol. The summed E-state index contributed by atoms with van der Waals surface area (Å²) < 4.78 is 0. The van der Waals surface area contributed by atoms with Crippen molar-refractivity contribution in [2.75, 3.05) is 11.9 Å². The third kappa shape index (κ3) is 3.74. The van der Waals surface area contributed by atoms with E-state index < -0.39 is 0 Å². The number of nitrogens with zero attached hydrogens (tertiary/aromatic N) is 1. The summed E-state index contributed by atoms with van der Waals surface area (Å²) in [7, 11) is 2.17. The highest BCUT2D eigenvalue weighted by molar-refractivity contribution is 5.54. The maximum atomic E-state index is 5.83. The molecule has 2 unspecified atom stereocenters. The molecule has 0 aromatic heterocycles. The van der Waals surface area contributed by atoms with Crippen LogP contribution in [0.1, 0.15) is 38.3 Å². The summed E-state index contributed by atoms with van der Waals surface area (Å²) >= 11 is 0. The fourth-order valence-corrected chi connectivity index (χ4v) is 2.12. The van der Waals surface area contributed by atoms with E-state index in [1.165, 1.54) is 16.8 Å². The normalized spacial score (nSPS) is 14.5. The fourth-order valence-electron chi connectivity index (χ4n) is 2.12. The minimum absolute atomic E-state index is 0.229. The minimum Gasteiger partial charge on any atom is -0.372 e. The zero-order valence-electron chi connectivity index (χ0n) is 11.8. The van der Waals surface area contributed by atoms with Crippen LogP contribution >= 0.6 is 0 Å². The average molecular weight is 234 g/mol. The van der Waals surface area contributed by atoms with Crippen LogP contribution in [0.4, 0.5) is 5.69 Å². The van der Waals surface area contributed by atoms with Gasteiger partial charge >= 0.3 is 0 Å². The quantitative estimate of drug-likeness (QED) is 0.848. The van der Waals surface area contributed by atoms with Crippen molar-refractivity contribution in [3.63, 3.8) is 0 Å². The van der Waals surface area contributed by atoms with Crippen LogP contribution in [0.3, 0.4) is 0 Å². The Morgan fingerprint density at radius 3 is 2.41 bits per heavy atom. The van der Waals surface area contributed by atoms with E-state index in [0.29, 0.717) is 6.04 Å². The second-order valence-corrected chi connectivity index (χ2v) is 5.17. The molecule has 0 fully saturated rings. The largest absolute Gasteiger partial charge is 0.372 e. The molecule has 0 aliphatic rings. The Morgan fingerprint density at radius 1 is 1.29 bits per heavy atom. The summed E-state index contributed by atoms with van der Waals surface area (Å²) in [5.41, 5.74) is 9.83. The summed E-state index contributed by atoms with van der Waals surface area (Å²) in [5.74, 6) is 0. The van der Waals surface area contributed by atoms with Gasteiger partial charge in [0.25, 0.3) is 0 Å². The molecule has 0 bridgehead atoms. The smallest absolute Gasteiger partial charge is 0.0395 e. The molecule has 0 saturated carbocycles. The molecule has 2 heteroatoms. The van der Waals surface area contributed by atoms with Crippen LogP contribution in [0, 0.1) is 6.92 Å². The zero-order chi connectivity index (χ0) is 13.0. The van der Waals surface area contributed by atoms with Crippen molar-refractivity contribution in [3.05, 3.63) is 29.3 Å². The van der Waals surface area contributed by atoms with Crippen molar-refractivity contribution < 1.29 is 0 Å². The average Bonchev–Trinajstić information content (AvgIpc) is 2.26. The lowest BCUT2D eigenvalue weighted by atomic mass is 10.0. The van der Waals surface area contributed by atoms with Gasteiger partial charge in [-0.15, -0.1) is 0 Å². The number of rotatable bonds is 5. The lowest BCUT2D eigenvalue weighted by Gasteiger charge is -2.28. The van der Waals surface area contributed by atoms with Gasteiger partial charge < -0.3 is 10.6 Å². The highest BCUT2D eigenvalue weighted by Gasteiger charge is 2.10. The Bertz CT molecular complexity index is 358. The molecule has 1 rings (SSSR count). The first kappa shape index (κ1) is 14.0. The number of nitrogens with two attached hydrogens (primary N) is 1. The zero-order valence-corrected chi connectivity index (χ0v) is 11.8. The standard InChI is InChI=1S/C15H26N2/c1-6-13(4)17(5)15-8-7-14(9-11(15)2)10-12(3)16/h7-9,12-13H,6,10,16H2,1-5H3. The first-order valence-electron chi connectivity index (χ1n) is 6.53. The van der Waals surface area contributed by atoms with Crippen molar-refractivity contribution in [2.45, 2.75) is 52.6 Å². The van der Waals surface area contributed by atoms with Gasteiger partial charge in [0.05, 0.1) is 0 Å². The van der Waals surface area contributed by atoms with Gasteiger partial charge in [0, 0.05) is 24.8 Å². The van der Waals surface area contributed by atoms with Gasteiger partial charge in [0.2, 0.25) is 0 Å². The molecule has 2 atom stereocenters. The molecule has 0 heterocycles. The topological polar surface area (TPSA) is 29.3 Å². The Kier molecular flexibility index (Phi) is 5.01. The Balaban J connectivity index is 2.89. The second-order valence-electron chi connectivity index (χ2n) is 5.17. The Morgan fingerprint density at radius 2 is 1.94 bits per heavy atom. The lowest BCUT2D eigenvalue weighted by Crippen LogP contribution is -2.28. The molecule has 0 aliphatic carbocycles. The van der Waals surface area contributed by atoms with Crippen molar-refractivity contribution in [3.8, 4) is 0 Å². The maximum Gasteiger partial charge on any atom is 0.0395 e. The van der Waals surface area contributed by atoms with Gasteiger partial charge in [0.1, 0.15) is 0 Å². The third-order valence-electron chi connectivity index (χ3n) is 3.45. The minimum atomic E-state index is 0.229. The number of anilines is 1. The van der Waals surface area contributed by atoms with Crippen molar-refractivity contribution >= 4 is 5.69 Å². The van der Waals surface area contributed by atoms with E-state index in [9.17, 15) is 0 Å². The van der Waals surface area contributed by atoms with E-state index >= 15 is 0 Å². The molecule has 2 nitrogen and oxygen atoms in total. The molecule has 1 aromatic carbocycles. The number of hydrogen-bond acceptors (Lipinski definition) is 2. The van der Waals surface area contributed by atoms with Crippen molar-refractivity contribution in [1.82, 2.24) is 0 Å². The van der Waals surface area contributed by atoms with Crippen LogP contribution in [-0.4, -0.2) is 19.1 Å². The summed E-state index contributed by atoms with van der Waals surface area (Å²) in [5, 5.41) is 0. The van der Waals surface area contributed by atoms with Gasteiger partial charge in [-0.05, 0) is 50.8 Å². The van der Waals surface area contributed by atoms with Crippen LogP contribution in [-0.2, 0) is 6.42 Å². The van der Waals surface area contributed by atoms with Gasteiger partial charge in [-0.2, -0.15) is 0 Å². The van der Waals surface area contributed by atoms with Gasteiger partial charge in [-0.3, -0.25) is 0 Å². The molecule has 0 saturated heterocycles. The highest BCUT2D eigenvalue weighted by Crippen LogP contribution is 2.23. The first-order valence-corrected chi connectivity index (χ1v) is 6.53. The molecule has 1 aromatic rings. The van der Waals surface area contributed by atoms with Gasteiger partial charge in [-0.25, -0.2) is 0 Å². The van der Waals surface area contributed by atoms with E-state index in [2.05, 4.69) is 57.8 Å². The molecule has 0 radical (unpaired) electrons. The van der Waals surface area contributed by atoms with Gasteiger partial charge in [-0.1, -0.05) is 19.1 Å². The van der Waals surface area contributed by atoms with Gasteiger partial charge in [0.15, 0.2) is 0 Å². The molecular formula is C15H26N2. The predicted octanol–water partition coefficient (Wildman–Crippen LogP) is 3.12. The van der Waals surface area contributed by atoms with E-state index in [1.54, 1.807) is 0 Å². The van der Waals surface area contributed by atoms with E-state index in [0.717, 1.165) is 12.8 Å². The second kappa shape index (κ2) is 6.06. The van der Waals surface area contributed by atoms with E-state index in [4.69, 9.17) is 5.73 Å².